The number of benzene rings is 2. The van der Waals surface area contributed by atoms with Gasteiger partial charge in [0.25, 0.3) is 5.91 Å². The quantitative estimate of drug-likeness (QED) is 0.679. The SMILES string of the molecule is COc1ccc2[nH]c(C(=O)Nc3cccc(NC(C)=O)c3)c(C)c2c1. The highest BCUT2D eigenvalue weighted by molar-refractivity contribution is 6.08. The molecule has 0 aliphatic carbocycles. The Hall–Kier alpha value is -3.28. The highest BCUT2D eigenvalue weighted by atomic mass is 16.5. The Morgan fingerprint density at radius 2 is 1.76 bits per heavy atom. The Bertz CT molecular complexity index is 960. The van der Waals surface area contributed by atoms with Crippen molar-refractivity contribution in [3.8, 4) is 5.75 Å². The van der Waals surface area contributed by atoms with E-state index >= 15 is 0 Å². The number of rotatable bonds is 4. The molecular weight excluding hydrogens is 318 g/mol. The van der Waals surface area contributed by atoms with E-state index in [1.54, 1.807) is 31.4 Å². The van der Waals surface area contributed by atoms with Crippen molar-refractivity contribution in [1.29, 1.82) is 0 Å². The van der Waals surface area contributed by atoms with Gasteiger partial charge in [-0.25, -0.2) is 0 Å². The Labute approximate surface area is 145 Å². The molecule has 1 heterocycles. The van der Waals surface area contributed by atoms with Crippen molar-refractivity contribution < 1.29 is 14.3 Å². The first-order chi connectivity index (χ1) is 12.0. The number of aromatic nitrogens is 1. The number of hydrogen-bond donors (Lipinski definition) is 3. The topological polar surface area (TPSA) is 83.2 Å². The molecule has 0 atom stereocenters. The number of carbonyl (C=O) groups is 2. The fourth-order valence-corrected chi connectivity index (χ4v) is 2.73. The Balaban J connectivity index is 1.87. The second kappa shape index (κ2) is 6.68. The monoisotopic (exact) mass is 337 g/mol. The van der Waals surface area contributed by atoms with Crippen molar-refractivity contribution in [2.24, 2.45) is 0 Å². The number of carbonyl (C=O) groups excluding carboxylic acids is 2. The fourth-order valence-electron chi connectivity index (χ4n) is 2.73. The molecule has 0 spiro atoms. The summed E-state index contributed by atoms with van der Waals surface area (Å²) >= 11 is 0. The van der Waals surface area contributed by atoms with Gasteiger partial charge in [-0.2, -0.15) is 0 Å². The van der Waals surface area contributed by atoms with E-state index in [2.05, 4.69) is 15.6 Å². The molecule has 6 heteroatoms. The number of H-pyrrole nitrogens is 1. The van der Waals surface area contributed by atoms with Crippen LogP contribution in [0, 0.1) is 6.92 Å². The van der Waals surface area contributed by atoms with Gasteiger partial charge in [0, 0.05) is 29.2 Å². The average Bonchev–Trinajstić information content (AvgIpc) is 2.91. The molecular formula is C19H19N3O3. The lowest BCUT2D eigenvalue weighted by Crippen LogP contribution is -2.14. The first-order valence-corrected chi connectivity index (χ1v) is 7.83. The Morgan fingerprint density at radius 1 is 1.04 bits per heavy atom. The average molecular weight is 337 g/mol. The lowest BCUT2D eigenvalue weighted by Gasteiger charge is -2.07. The molecule has 2 aromatic carbocycles. The molecule has 0 bridgehead atoms. The summed E-state index contributed by atoms with van der Waals surface area (Å²) in [5.41, 5.74) is 3.45. The summed E-state index contributed by atoms with van der Waals surface area (Å²) in [7, 11) is 1.61. The van der Waals surface area contributed by atoms with E-state index < -0.39 is 0 Å². The highest BCUT2D eigenvalue weighted by Crippen LogP contribution is 2.26. The highest BCUT2D eigenvalue weighted by Gasteiger charge is 2.15. The first-order valence-electron chi connectivity index (χ1n) is 7.83. The van der Waals surface area contributed by atoms with Crippen molar-refractivity contribution in [2.75, 3.05) is 17.7 Å². The Morgan fingerprint density at radius 3 is 2.44 bits per heavy atom. The molecule has 0 aliphatic rings. The third-order valence-corrected chi connectivity index (χ3v) is 3.93. The van der Waals surface area contributed by atoms with Crippen molar-refractivity contribution in [3.63, 3.8) is 0 Å². The number of methoxy groups -OCH3 is 1. The van der Waals surface area contributed by atoms with Gasteiger partial charge in [0.1, 0.15) is 11.4 Å². The molecule has 0 aliphatic heterocycles. The zero-order valence-electron chi connectivity index (χ0n) is 14.3. The number of ether oxygens (including phenoxy) is 1. The van der Waals surface area contributed by atoms with Crippen LogP contribution in [0.4, 0.5) is 11.4 Å². The van der Waals surface area contributed by atoms with Crippen LogP contribution in [-0.2, 0) is 4.79 Å². The zero-order valence-corrected chi connectivity index (χ0v) is 14.3. The van der Waals surface area contributed by atoms with Crippen molar-refractivity contribution in [1.82, 2.24) is 4.98 Å². The van der Waals surface area contributed by atoms with E-state index in [9.17, 15) is 9.59 Å². The second-order valence-electron chi connectivity index (χ2n) is 5.75. The molecule has 0 unspecified atom stereocenters. The van der Waals surface area contributed by atoms with E-state index in [1.165, 1.54) is 6.92 Å². The van der Waals surface area contributed by atoms with Crippen LogP contribution in [0.2, 0.25) is 0 Å². The molecule has 6 nitrogen and oxygen atoms in total. The summed E-state index contributed by atoms with van der Waals surface area (Å²) in [5.74, 6) is 0.334. The van der Waals surface area contributed by atoms with Crippen LogP contribution >= 0.6 is 0 Å². The van der Waals surface area contributed by atoms with Gasteiger partial charge in [0.2, 0.25) is 5.91 Å². The summed E-state index contributed by atoms with van der Waals surface area (Å²) in [6.45, 7) is 3.33. The molecule has 1 aromatic heterocycles. The number of aromatic amines is 1. The maximum absolute atomic E-state index is 12.6. The van der Waals surface area contributed by atoms with Crippen LogP contribution in [0.25, 0.3) is 10.9 Å². The molecule has 128 valence electrons. The third-order valence-electron chi connectivity index (χ3n) is 3.93. The summed E-state index contributed by atoms with van der Waals surface area (Å²) in [5, 5.41) is 6.48. The maximum atomic E-state index is 12.6. The number of fused-ring (bicyclic) bond motifs is 1. The van der Waals surface area contributed by atoms with Gasteiger partial charge in [0.05, 0.1) is 7.11 Å². The minimum Gasteiger partial charge on any atom is -0.497 e. The van der Waals surface area contributed by atoms with Gasteiger partial charge in [-0.1, -0.05) is 6.07 Å². The Kier molecular flexibility index (Phi) is 4.43. The zero-order chi connectivity index (χ0) is 18.0. The van der Waals surface area contributed by atoms with Gasteiger partial charge in [-0.15, -0.1) is 0 Å². The van der Waals surface area contributed by atoms with E-state index in [4.69, 9.17) is 4.74 Å². The summed E-state index contributed by atoms with van der Waals surface area (Å²) in [6.07, 6.45) is 0. The maximum Gasteiger partial charge on any atom is 0.272 e. The van der Waals surface area contributed by atoms with E-state index in [0.29, 0.717) is 17.1 Å². The summed E-state index contributed by atoms with van der Waals surface area (Å²) in [6, 6.07) is 12.6. The van der Waals surface area contributed by atoms with Crippen LogP contribution in [-0.4, -0.2) is 23.9 Å². The van der Waals surface area contributed by atoms with E-state index in [1.807, 2.05) is 25.1 Å². The number of amides is 2. The van der Waals surface area contributed by atoms with Gasteiger partial charge < -0.3 is 20.4 Å². The lowest BCUT2D eigenvalue weighted by atomic mass is 10.1. The molecule has 2 amide bonds. The van der Waals surface area contributed by atoms with E-state index in [0.717, 1.165) is 22.2 Å². The van der Waals surface area contributed by atoms with Gasteiger partial charge in [0.15, 0.2) is 0 Å². The van der Waals surface area contributed by atoms with Gasteiger partial charge in [-0.05, 0) is 48.9 Å². The van der Waals surface area contributed by atoms with Crippen molar-refractivity contribution in [2.45, 2.75) is 13.8 Å². The molecule has 0 saturated carbocycles. The van der Waals surface area contributed by atoms with Crippen LogP contribution in [0.5, 0.6) is 5.75 Å². The normalized spacial score (nSPS) is 10.5. The molecule has 3 rings (SSSR count). The van der Waals surface area contributed by atoms with Crippen molar-refractivity contribution in [3.05, 3.63) is 53.7 Å². The molecule has 25 heavy (non-hydrogen) atoms. The molecule has 0 fully saturated rings. The standard InChI is InChI=1S/C19H19N3O3/c1-11-16-10-15(25-3)7-8-17(16)22-18(11)19(24)21-14-6-4-5-13(9-14)20-12(2)23/h4-10,22H,1-3H3,(H,20,23)(H,21,24). The minimum atomic E-state index is -0.243. The van der Waals surface area contributed by atoms with Crippen LogP contribution in [0.3, 0.4) is 0 Å². The van der Waals surface area contributed by atoms with Crippen LogP contribution in [0.1, 0.15) is 23.0 Å². The lowest BCUT2D eigenvalue weighted by molar-refractivity contribution is -0.114. The number of nitrogens with one attached hydrogen (secondary N) is 3. The first kappa shape index (κ1) is 16.6. The molecule has 3 N–H and O–H groups in total. The number of anilines is 2. The van der Waals surface area contributed by atoms with Crippen LogP contribution in [0.15, 0.2) is 42.5 Å². The van der Waals surface area contributed by atoms with Gasteiger partial charge >= 0.3 is 0 Å². The predicted octanol–water partition coefficient (Wildman–Crippen LogP) is 3.70. The number of aryl methyl sites for hydroxylation is 1. The minimum absolute atomic E-state index is 0.163. The van der Waals surface area contributed by atoms with Gasteiger partial charge in [-0.3, -0.25) is 9.59 Å². The third kappa shape index (κ3) is 3.47. The molecule has 0 saturated heterocycles. The van der Waals surface area contributed by atoms with E-state index in [-0.39, 0.29) is 11.8 Å². The second-order valence-corrected chi connectivity index (χ2v) is 5.75. The largest absolute Gasteiger partial charge is 0.497 e. The summed E-state index contributed by atoms with van der Waals surface area (Å²) in [4.78, 5) is 26.9. The van der Waals surface area contributed by atoms with Crippen LogP contribution < -0.4 is 15.4 Å². The van der Waals surface area contributed by atoms with Crippen molar-refractivity contribution >= 4 is 34.1 Å². The summed E-state index contributed by atoms with van der Waals surface area (Å²) < 4.78 is 5.24. The number of hydrogen-bond acceptors (Lipinski definition) is 3. The molecule has 0 radical (unpaired) electrons. The smallest absolute Gasteiger partial charge is 0.272 e. The fraction of sp³-hybridized carbons (Fsp3) is 0.158. The molecule has 3 aromatic rings. The predicted molar refractivity (Wildman–Crippen MR) is 98.3 cm³/mol.